The summed E-state index contributed by atoms with van der Waals surface area (Å²) in [6.45, 7) is 18.9. The van der Waals surface area contributed by atoms with Crippen molar-refractivity contribution in [3.63, 3.8) is 0 Å². The number of ether oxygens (including phenoxy) is 1. The van der Waals surface area contributed by atoms with Crippen molar-refractivity contribution in [1.82, 2.24) is 0 Å². The van der Waals surface area contributed by atoms with E-state index < -0.39 is 15.4 Å². The molecule has 1 fully saturated rings. The Kier molecular flexibility index (Phi) is 4.30. The summed E-state index contributed by atoms with van der Waals surface area (Å²) in [6.07, 6.45) is 2.37. The second-order valence-corrected chi connectivity index (χ2v) is 22.3. The fourth-order valence-electron chi connectivity index (χ4n) is 3.82. The van der Waals surface area contributed by atoms with Crippen molar-refractivity contribution < 1.29 is 9.16 Å². The van der Waals surface area contributed by atoms with Crippen LogP contribution in [0.1, 0.15) is 40.5 Å². The van der Waals surface area contributed by atoms with Gasteiger partial charge < -0.3 is 9.16 Å². The number of methoxy groups -OCH3 is 1. The molecule has 0 spiro atoms. The molecule has 1 saturated heterocycles. The van der Waals surface area contributed by atoms with Gasteiger partial charge in [0.05, 0.1) is 11.3 Å². The van der Waals surface area contributed by atoms with Crippen LogP contribution in [0.3, 0.4) is 0 Å². The summed E-state index contributed by atoms with van der Waals surface area (Å²) in [6, 6.07) is 0. The third-order valence-corrected chi connectivity index (χ3v) is 22.4. The van der Waals surface area contributed by atoms with E-state index in [9.17, 15) is 0 Å². The molecule has 2 atom stereocenters. The van der Waals surface area contributed by atoms with Crippen molar-refractivity contribution in [1.29, 1.82) is 0 Å². The maximum absolute atomic E-state index is 6.70. The minimum Gasteiger partial charge on any atom is -0.414 e. The van der Waals surface area contributed by atoms with Gasteiger partial charge in [-0.15, -0.1) is 0 Å². The number of hydrogen-bond donors (Lipinski definition) is 0. The molecule has 0 bridgehead atoms. The van der Waals surface area contributed by atoms with E-state index in [-0.39, 0.29) is 11.0 Å². The zero-order valence-electron chi connectivity index (χ0n) is 13.8. The predicted octanol–water partition coefficient (Wildman–Crippen LogP) is 4.15. The first-order valence-electron chi connectivity index (χ1n) is 7.19. The standard InChI is InChI=1S/C14H32O2Si2/c1-10-11-14(4)12(15-5)17(6,7)18(8,9)16-13(14,2)3/h12H,10-11H2,1-9H3. The quantitative estimate of drug-likeness (QED) is 0.726. The minimum atomic E-state index is -1.64. The van der Waals surface area contributed by atoms with Crippen LogP contribution in [0, 0.1) is 5.41 Å². The van der Waals surface area contributed by atoms with Crippen LogP contribution in [0.5, 0.6) is 0 Å². The molecule has 4 heteroatoms. The molecule has 0 saturated carbocycles. The van der Waals surface area contributed by atoms with E-state index in [1.54, 1.807) is 0 Å². The highest BCUT2D eigenvalue weighted by atomic mass is 29.3. The lowest BCUT2D eigenvalue weighted by atomic mass is 9.72. The van der Waals surface area contributed by atoms with E-state index in [0.717, 1.165) is 0 Å². The molecule has 0 radical (unpaired) electrons. The summed E-state index contributed by atoms with van der Waals surface area (Å²) in [5.41, 5.74) is 0.451. The largest absolute Gasteiger partial charge is 0.414 e. The monoisotopic (exact) mass is 288 g/mol. The molecule has 2 unspecified atom stereocenters. The second kappa shape index (κ2) is 4.72. The molecule has 1 heterocycles. The number of rotatable bonds is 3. The zero-order chi connectivity index (χ0) is 14.4. The Morgan fingerprint density at radius 2 is 1.61 bits per heavy atom. The molecule has 0 aromatic carbocycles. The van der Waals surface area contributed by atoms with Crippen LogP contribution in [0.4, 0.5) is 0 Å². The highest BCUT2D eigenvalue weighted by Gasteiger charge is 2.65. The van der Waals surface area contributed by atoms with Crippen LogP contribution in [-0.4, -0.2) is 33.9 Å². The average Bonchev–Trinajstić information content (AvgIpc) is 2.14. The van der Waals surface area contributed by atoms with Gasteiger partial charge in [-0.25, -0.2) is 0 Å². The highest BCUT2D eigenvalue weighted by molar-refractivity contribution is 7.39. The van der Waals surface area contributed by atoms with Gasteiger partial charge >= 0.3 is 0 Å². The Balaban J connectivity index is 3.33. The molecule has 0 amide bonds. The van der Waals surface area contributed by atoms with Gasteiger partial charge in [-0.1, -0.05) is 33.4 Å². The first-order valence-corrected chi connectivity index (χ1v) is 14.2. The van der Waals surface area contributed by atoms with E-state index in [0.29, 0.717) is 5.73 Å². The first-order chi connectivity index (χ1) is 7.96. The molecule has 0 aromatic rings. The van der Waals surface area contributed by atoms with Gasteiger partial charge in [-0.3, -0.25) is 0 Å². The molecule has 18 heavy (non-hydrogen) atoms. The van der Waals surface area contributed by atoms with Crippen LogP contribution >= 0.6 is 0 Å². The molecular formula is C14H32O2Si2. The van der Waals surface area contributed by atoms with Gasteiger partial charge in [-0.2, -0.15) is 0 Å². The Labute approximate surface area is 115 Å². The highest BCUT2D eigenvalue weighted by Crippen LogP contribution is 2.53. The van der Waals surface area contributed by atoms with Gasteiger partial charge in [0.15, 0.2) is 7.83 Å². The third-order valence-electron chi connectivity index (χ3n) is 5.68. The lowest BCUT2D eigenvalue weighted by molar-refractivity contribution is -0.104. The van der Waals surface area contributed by atoms with Crippen molar-refractivity contribution >= 4 is 15.4 Å². The summed E-state index contributed by atoms with van der Waals surface area (Å²) < 4.78 is 12.8. The van der Waals surface area contributed by atoms with Gasteiger partial charge in [0.25, 0.3) is 0 Å². The van der Waals surface area contributed by atoms with E-state index >= 15 is 0 Å². The third kappa shape index (κ3) is 2.15. The molecule has 0 N–H and O–H groups in total. The maximum atomic E-state index is 6.70. The fraction of sp³-hybridized carbons (Fsp3) is 1.00. The van der Waals surface area contributed by atoms with Crippen LogP contribution in [0.25, 0.3) is 0 Å². The lowest BCUT2D eigenvalue weighted by Crippen LogP contribution is -2.78. The summed E-state index contributed by atoms with van der Waals surface area (Å²) >= 11 is 0. The number of hydrogen-bond acceptors (Lipinski definition) is 2. The smallest absolute Gasteiger partial charge is 0.177 e. The minimum absolute atomic E-state index is 0.0814. The molecule has 1 aliphatic rings. The Morgan fingerprint density at radius 1 is 1.11 bits per heavy atom. The molecular weight excluding hydrogens is 256 g/mol. The van der Waals surface area contributed by atoms with Crippen LogP contribution in [-0.2, 0) is 9.16 Å². The van der Waals surface area contributed by atoms with Crippen LogP contribution < -0.4 is 0 Å². The second-order valence-electron chi connectivity index (χ2n) is 7.63. The van der Waals surface area contributed by atoms with Crippen LogP contribution in [0.15, 0.2) is 0 Å². The van der Waals surface area contributed by atoms with E-state index in [1.807, 2.05) is 7.11 Å². The van der Waals surface area contributed by atoms with Crippen molar-refractivity contribution in [2.24, 2.45) is 5.41 Å². The van der Waals surface area contributed by atoms with E-state index in [2.05, 4.69) is 53.9 Å². The van der Waals surface area contributed by atoms with Gasteiger partial charge in [-0.05, 0) is 33.4 Å². The normalized spacial score (nSPS) is 37.5. The molecule has 2 nitrogen and oxygen atoms in total. The average molecular weight is 289 g/mol. The predicted molar refractivity (Wildman–Crippen MR) is 83.9 cm³/mol. The zero-order valence-corrected chi connectivity index (χ0v) is 15.8. The van der Waals surface area contributed by atoms with E-state index in [4.69, 9.17) is 9.16 Å². The Hall–Kier alpha value is 0.354. The van der Waals surface area contributed by atoms with Crippen molar-refractivity contribution in [2.45, 2.75) is 78.1 Å². The molecule has 0 aromatic heterocycles. The van der Waals surface area contributed by atoms with Gasteiger partial charge in [0.1, 0.15) is 7.59 Å². The molecule has 1 rings (SSSR count). The summed E-state index contributed by atoms with van der Waals surface area (Å²) in [5, 5.41) is 0. The van der Waals surface area contributed by atoms with Crippen LogP contribution in [0.2, 0.25) is 26.2 Å². The van der Waals surface area contributed by atoms with Crippen molar-refractivity contribution in [3.05, 3.63) is 0 Å². The maximum Gasteiger partial charge on any atom is 0.177 e. The van der Waals surface area contributed by atoms with Gasteiger partial charge in [0, 0.05) is 12.5 Å². The molecule has 108 valence electrons. The summed E-state index contributed by atoms with van der Waals surface area (Å²) in [7, 11) is -1.25. The van der Waals surface area contributed by atoms with Crippen molar-refractivity contribution in [2.75, 3.05) is 7.11 Å². The first kappa shape index (κ1) is 16.4. The summed E-state index contributed by atoms with van der Waals surface area (Å²) in [4.78, 5) is 0. The van der Waals surface area contributed by atoms with E-state index in [1.165, 1.54) is 12.8 Å². The molecule has 0 aliphatic carbocycles. The van der Waals surface area contributed by atoms with Crippen molar-refractivity contribution in [3.8, 4) is 0 Å². The Morgan fingerprint density at radius 3 is 2.00 bits per heavy atom. The summed E-state index contributed by atoms with van der Waals surface area (Å²) in [5.74, 6) is 0. The SMILES string of the molecule is CCCC1(C)C(OC)[Si](C)(C)[Si](C)(C)OC1(C)C. The fourth-order valence-corrected chi connectivity index (χ4v) is 13.7. The topological polar surface area (TPSA) is 18.5 Å². The Bertz CT molecular complexity index is 313. The molecule has 1 aliphatic heterocycles. The lowest BCUT2D eigenvalue weighted by Gasteiger charge is -2.63. The van der Waals surface area contributed by atoms with Gasteiger partial charge in [0.2, 0.25) is 0 Å².